The van der Waals surface area contributed by atoms with Crippen molar-refractivity contribution in [1.29, 1.82) is 0 Å². The molecule has 0 saturated heterocycles. The Morgan fingerprint density at radius 3 is 2.38 bits per heavy atom. The number of hydrogen-bond acceptors (Lipinski definition) is 4. The smallest absolute Gasteiger partial charge is 0.253 e. The van der Waals surface area contributed by atoms with Gasteiger partial charge < -0.3 is 15.4 Å². The fraction of sp³-hybridized carbons (Fsp3) is 0.148. The van der Waals surface area contributed by atoms with Crippen molar-refractivity contribution in [2.24, 2.45) is 0 Å². The van der Waals surface area contributed by atoms with Crippen molar-refractivity contribution in [2.45, 2.75) is 13.3 Å². The second-order valence-corrected chi connectivity index (χ2v) is 7.72. The number of rotatable bonds is 9. The third-order valence-corrected chi connectivity index (χ3v) is 5.02. The van der Waals surface area contributed by atoms with Crippen LogP contribution in [0.4, 0.5) is 5.69 Å². The Bertz CT molecular complexity index is 1150. The van der Waals surface area contributed by atoms with Gasteiger partial charge in [-0.05, 0) is 67.0 Å². The third-order valence-electron chi connectivity index (χ3n) is 4.82. The van der Waals surface area contributed by atoms with Gasteiger partial charge in [0.2, 0.25) is 5.91 Å². The van der Waals surface area contributed by atoms with E-state index in [1.807, 2.05) is 61.5 Å². The molecule has 3 N–H and O–H groups in total. The minimum Gasteiger partial charge on any atom is -0.494 e. The number of hydrogen-bond donors (Lipinski definition) is 3. The first-order valence-corrected chi connectivity index (χ1v) is 11.4. The van der Waals surface area contributed by atoms with Gasteiger partial charge >= 0.3 is 0 Å². The molecular formula is C27H27N3O3S. The molecule has 0 atom stereocenters. The number of nitrogens with one attached hydrogen (secondary N) is 3. The van der Waals surface area contributed by atoms with E-state index in [0.717, 1.165) is 23.3 Å². The molecule has 0 radical (unpaired) electrons. The second-order valence-electron chi connectivity index (χ2n) is 7.32. The van der Waals surface area contributed by atoms with E-state index in [2.05, 4.69) is 16.0 Å². The summed E-state index contributed by atoms with van der Waals surface area (Å²) in [4.78, 5) is 24.9. The molecule has 0 heterocycles. The average molecular weight is 474 g/mol. The van der Waals surface area contributed by atoms with Gasteiger partial charge in [0.1, 0.15) is 5.75 Å². The Labute approximate surface area is 205 Å². The fourth-order valence-corrected chi connectivity index (χ4v) is 3.38. The predicted molar refractivity (Wildman–Crippen MR) is 140 cm³/mol. The quantitative estimate of drug-likeness (QED) is 0.313. The highest BCUT2D eigenvalue weighted by atomic mass is 32.1. The highest BCUT2D eigenvalue weighted by molar-refractivity contribution is 7.80. The summed E-state index contributed by atoms with van der Waals surface area (Å²) in [6.07, 6.45) is 3.81. The van der Waals surface area contributed by atoms with Gasteiger partial charge in [0.25, 0.3) is 5.91 Å². The molecule has 0 aromatic heterocycles. The lowest BCUT2D eigenvalue weighted by atomic mass is 10.1. The van der Waals surface area contributed by atoms with Gasteiger partial charge in [0.05, 0.1) is 17.9 Å². The Morgan fingerprint density at radius 1 is 0.941 bits per heavy atom. The van der Waals surface area contributed by atoms with Crippen molar-refractivity contribution in [3.05, 3.63) is 102 Å². The van der Waals surface area contributed by atoms with Crippen molar-refractivity contribution < 1.29 is 14.3 Å². The zero-order valence-corrected chi connectivity index (χ0v) is 19.7. The number of thiocarbonyl (C=S) groups is 1. The molecule has 3 rings (SSSR count). The van der Waals surface area contributed by atoms with Crippen LogP contribution in [0.15, 0.2) is 84.9 Å². The molecule has 0 aliphatic carbocycles. The van der Waals surface area contributed by atoms with Crippen LogP contribution < -0.4 is 20.7 Å². The molecule has 7 heteroatoms. The van der Waals surface area contributed by atoms with E-state index >= 15 is 0 Å². The van der Waals surface area contributed by atoms with E-state index in [1.54, 1.807) is 30.3 Å². The monoisotopic (exact) mass is 473 g/mol. The van der Waals surface area contributed by atoms with Crippen LogP contribution in [0, 0.1) is 0 Å². The molecule has 2 amide bonds. The number of amides is 2. The second kappa shape index (κ2) is 12.9. The van der Waals surface area contributed by atoms with Crippen molar-refractivity contribution in [3.8, 4) is 5.75 Å². The first-order chi connectivity index (χ1) is 16.5. The van der Waals surface area contributed by atoms with Crippen molar-refractivity contribution >= 4 is 40.9 Å². The molecule has 3 aromatic carbocycles. The first kappa shape index (κ1) is 24.7. The van der Waals surface area contributed by atoms with Crippen LogP contribution in [0.3, 0.4) is 0 Å². The fourth-order valence-electron chi connectivity index (χ4n) is 3.17. The zero-order valence-electron chi connectivity index (χ0n) is 18.9. The largest absolute Gasteiger partial charge is 0.494 e. The number of para-hydroxylation sites is 1. The maximum Gasteiger partial charge on any atom is 0.253 e. The maximum atomic E-state index is 12.7. The highest BCUT2D eigenvalue weighted by Crippen LogP contribution is 2.15. The highest BCUT2D eigenvalue weighted by Gasteiger charge is 2.12. The van der Waals surface area contributed by atoms with E-state index in [-0.39, 0.29) is 16.9 Å². The summed E-state index contributed by atoms with van der Waals surface area (Å²) in [6, 6.07) is 24.4. The molecule has 0 fully saturated rings. The lowest BCUT2D eigenvalue weighted by molar-refractivity contribution is -0.115. The number of carbonyl (C=O) groups is 2. The zero-order chi connectivity index (χ0) is 24.2. The van der Waals surface area contributed by atoms with E-state index in [4.69, 9.17) is 17.0 Å². The van der Waals surface area contributed by atoms with Crippen molar-refractivity contribution in [1.82, 2.24) is 10.6 Å². The summed E-state index contributed by atoms with van der Waals surface area (Å²) in [5, 5.41) is 8.56. The Kier molecular flexibility index (Phi) is 9.37. The summed E-state index contributed by atoms with van der Waals surface area (Å²) < 4.78 is 5.41. The molecule has 174 valence electrons. The Morgan fingerprint density at radius 2 is 1.65 bits per heavy atom. The molecule has 0 saturated carbocycles. The van der Waals surface area contributed by atoms with Crippen LogP contribution in [0.5, 0.6) is 5.75 Å². The predicted octanol–water partition coefficient (Wildman–Crippen LogP) is 4.58. The van der Waals surface area contributed by atoms with Crippen molar-refractivity contribution in [2.75, 3.05) is 18.5 Å². The van der Waals surface area contributed by atoms with Gasteiger partial charge in [0, 0.05) is 12.6 Å². The van der Waals surface area contributed by atoms with Crippen LogP contribution in [0.25, 0.3) is 6.08 Å². The maximum absolute atomic E-state index is 12.7. The molecule has 0 aliphatic heterocycles. The molecule has 3 aromatic rings. The Balaban J connectivity index is 1.52. The molecule has 0 aliphatic rings. The van der Waals surface area contributed by atoms with Crippen molar-refractivity contribution in [3.63, 3.8) is 0 Å². The SMILES string of the molecule is CCOc1ccc(/C=C/C(=O)NC(=S)Nc2ccccc2C(=O)NCCc2ccccc2)cc1. The number of benzene rings is 3. The molecular weight excluding hydrogens is 446 g/mol. The summed E-state index contributed by atoms with van der Waals surface area (Å²) in [6.45, 7) is 3.03. The number of ether oxygens (including phenoxy) is 1. The minimum absolute atomic E-state index is 0.103. The summed E-state index contributed by atoms with van der Waals surface area (Å²) in [7, 11) is 0. The molecule has 6 nitrogen and oxygen atoms in total. The van der Waals surface area contributed by atoms with E-state index in [1.165, 1.54) is 6.08 Å². The standard InChI is InChI=1S/C27H27N3O3S/c1-2-33-22-15-12-21(13-16-22)14-17-25(31)30-27(34)29-24-11-7-6-10-23(24)26(32)28-19-18-20-8-4-3-5-9-20/h3-17H,2,18-19H2,1H3,(H,28,32)(H2,29,30,31,34)/b17-14+. The van der Waals surface area contributed by atoms with Crippen LogP contribution in [-0.2, 0) is 11.2 Å². The van der Waals surface area contributed by atoms with E-state index in [0.29, 0.717) is 24.4 Å². The van der Waals surface area contributed by atoms with Crippen LogP contribution in [-0.4, -0.2) is 30.1 Å². The normalized spacial score (nSPS) is 10.5. The molecule has 34 heavy (non-hydrogen) atoms. The van der Waals surface area contributed by atoms with Crippen LogP contribution in [0.2, 0.25) is 0 Å². The van der Waals surface area contributed by atoms with Gasteiger partial charge in [-0.3, -0.25) is 14.9 Å². The van der Waals surface area contributed by atoms with Crippen LogP contribution in [0.1, 0.15) is 28.4 Å². The third kappa shape index (κ3) is 7.86. The average Bonchev–Trinajstić information content (AvgIpc) is 2.84. The summed E-state index contributed by atoms with van der Waals surface area (Å²) >= 11 is 5.26. The lowest BCUT2D eigenvalue weighted by Gasteiger charge is -2.13. The molecule has 0 spiro atoms. The summed E-state index contributed by atoms with van der Waals surface area (Å²) in [5.41, 5.74) is 2.96. The lowest BCUT2D eigenvalue weighted by Crippen LogP contribution is -2.34. The number of anilines is 1. The first-order valence-electron chi connectivity index (χ1n) is 11.0. The van der Waals surface area contributed by atoms with E-state index < -0.39 is 0 Å². The van der Waals surface area contributed by atoms with Gasteiger partial charge in [0.15, 0.2) is 5.11 Å². The minimum atomic E-state index is -0.379. The molecule has 0 bridgehead atoms. The van der Waals surface area contributed by atoms with E-state index in [9.17, 15) is 9.59 Å². The van der Waals surface area contributed by atoms with Gasteiger partial charge in [-0.25, -0.2) is 0 Å². The Hall–Kier alpha value is -3.97. The van der Waals surface area contributed by atoms with Gasteiger partial charge in [-0.1, -0.05) is 54.6 Å². The van der Waals surface area contributed by atoms with Gasteiger partial charge in [-0.2, -0.15) is 0 Å². The number of carbonyl (C=O) groups excluding carboxylic acids is 2. The van der Waals surface area contributed by atoms with Gasteiger partial charge in [-0.15, -0.1) is 0 Å². The molecule has 0 unspecified atom stereocenters. The topological polar surface area (TPSA) is 79.5 Å². The van der Waals surface area contributed by atoms with Crippen LogP contribution >= 0.6 is 12.2 Å². The summed E-state index contributed by atoms with van der Waals surface area (Å²) in [5.74, 6) is 0.178.